The number of Topliss-reactive ketones (excluding diaryl/α,β-unsaturated/α-hetero) is 1. The number of fused-ring (bicyclic) bond motifs is 1. The lowest BCUT2D eigenvalue weighted by Crippen LogP contribution is -2.52. The van der Waals surface area contributed by atoms with Gasteiger partial charge >= 0.3 is 12.0 Å². The number of piperazine rings is 1. The van der Waals surface area contributed by atoms with Gasteiger partial charge in [-0.2, -0.15) is 0 Å². The van der Waals surface area contributed by atoms with Gasteiger partial charge in [0.05, 0.1) is 24.5 Å². The number of hydrogen-bond donors (Lipinski definition) is 0. The summed E-state index contributed by atoms with van der Waals surface area (Å²) in [4.78, 5) is 41.1. The first-order chi connectivity index (χ1) is 11.1. The Morgan fingerprint density at radius 1 is 1.13 bits per heavy atom. The third-order valence-corrected chi connectivity index (χ3v) is 4.12. The first-order valence-electron chi connectivity index (χ1n) is 7.71. The molecule has 1 aromatic rings. The molecular weight excluding hydrogens is 298 g/mol. The minimum Gasteiger partial charge on any atom is -0.450 e. The van der Waals surface area contributed by atoms with E-state index >= 15 is 0 Å². The smallest absolute Gasteiger partial charge is 0.409 e. The Labute approximate surface area is 134 Å². The van der Waals surface area contributed by atoms with Gasteiger partial charge in [0, 0.05) is 26.2 Å². The Morgan fingerprint density at radius 2 is 1.83 bits per heavy atom. The van der Waals surface area contributed by atoms with Crippen LogP contribution < -0.4 is 4.90 Å². The zero-order valence-corrected chi connectivity index (χ0v) is 13.0. The molecule has 2 heterocycles. The zero-order valence-electron chi connectivity index (χ0n) is 13.0. The topological polar surface area (TPSA) is 70.2 Å². The second kappa shape index (κ2) is 6.37. The molecule has 3 rings (SSSR count). The quantitative estimate of drug-likeness (QED) is 0.776. The molecule has 0 spiro atoms. The number of benzene rings is 1. The molecule has 7 nitrogen and oxygen atoms in total. The summed E-state index contributed by atoms with van der Waals surface area (Å²) in [5, 5.41) is 0. The number of ketones is 1. The minimum absolute atomic E-state index is 0.301. The number of nitrogens with zero attached hydrogens (tertiary/aromatic N) is 3. The van der Waals surface area contributed by atoms with Gasteiger partial charge in [0.25, 0.3) is 5.78 Å². The van der Waals surface area contributed by atoms with E-state index < -0.39 is 11.7 Å². The Bertz CT molecular complexity index is 638. The van der Waals surface area contributed by atoms with Crippen molar-refractivity contribution in [2.75, 3.05) is 44.4 Å². The summed E-state index contributed by atoms with van der Waals surface area (Å²) in [7, 11) is 0. The van der Waals surface area contributed by atoms with Crippen LogP contribution in [0.3, 0.4) is 0 Å². The van der Waals surface area contributed by atoms with Crippen LogP contribution in [0.2, 0.25) is 0 Å². The van der Waals surface area contributed by atoms with Gasteiger partial charge in [0.2, 0.25) is 0 Å². The molecule has 0 saturated carbocycles. The highest BCUT2D eigenvalue weighted by Gasteiger charge is 2.36. The van der Waals surface area contributed by atoms with Crippen molar-refractivity contribution in [2.45, 2.75) is 6.92 Å². The molecule has 1 aromatic carbocycles. The Balaban J connectivity index is 1.62. The molecular formula is C16H19N3O4. The second-order valence-corrected chi connectivity index (χ2v) is 5.52. The normalized spacial score (nSPS) is 18.3. The van der Waals surface area contributed by atoms with Gasteiger partial charge < -0.3 is 9.64 Å². The van der Waals surface area contributed by atoms with Crippen molar-refractivity contribution in [1.29, 1.82) is 0 Å². The predicted octanol–water partition coefficient (Wildman–Crippen LogP) is 0.948. The summed E-state index contributed by atoms with van der Waals surface area (Å²) >= 11 is 0. The van der Waals surface area contributed by atoms with Gasteiger partial charge in [0.15, 0.2) is 0 Å². The fraction of sp³-hybridized carbons (Fsp3) is 0.438. The Hall–Kier alpha value is -2.41. The summed E-state index contributed by atoms with van der Waals surface area (Å²) in [6.45, 7) is 4.88. The lowest BCUT2D eigenvalue weighted by atomic mass is 10.1. The molecule has 2 amide bonds. The van der Waals surface area contributed by atoms with Crippen LogP contribution in [0.4, 0.5) is 10.5 Å². The maximum atomic E-state index is 12.2. The molecule has 122 valence electrons. The van der Waals surface area contributed by atoms with Crippen molar-refractivity contribution in [1.82, 2.24) is 9.80 Å². The van der Waals surface area contributed by atoms with Crippen LogP contribution in [0.25, 0.3) is 0 Å². The van der Waals surface area contributed by atoms with Crippen molar-refractivity contribution in [3.05, 3.63) is 29.8 Å². The fourth-order valence-corrected chi connectivity index (χ4v) is 2.88. The maximum absolute atomic E-state index is 12.2. The van der Waals surface area contributed by atoms with Crippen LogP contribution in [0.1, 0.15) is 17.3 Å². The van der Waals surface area contributed by atoms with E-state index in [2.05, 4.69) is 4.90 Å². The minimum atomic E-state index is -0.487. The van der Waals surface area contributed by atoms with E-state index in [-0.39, 0.29) is 6.09 Å². The van der Waals surface area contributed by atoms with Crippen molar-refractivity contribution in [2.24, 2.45) is 0 Å². The van der Waals surface area contributed by atoms with Crippen LogP contribution in [-0.4, -0.2) is 67.0 Å². The van der Waals surface area contributed by atoms with Gasteiger partial charge in [-0.1, -0.05) is 12.1 Å². The fourth-order valence-electron chi connectivity index (χ4n) is 2.88. The van der Waals surface area contributed by atoms with Gasteiger partial charge in [-0.15, -0.1) is 0 Å². The number of para-hydroxylation sites is 1. The summed E-state index contributed by atoms with van der Waals surface area (Å²) < 4.78 is 4.99. The molecule has 0 aliphatic carbocycles. The monoisotopic (exact) mass is 317 g/mol. The highest BCUT2D eigenvalue weighted by Crippen LogP contribution is 2.28. The molecule has 0 N–H and O–H groups in total. The van der Waals surface area contributed by atoms with Crippen molar-refractivity contribution >= 4 is 23.5 Å². The average molecular weight is 317 g/mol. The van der Waals surface area contributed by atoms with Crippen LogP contribution in [0.15, 0.2) is 24.3 Å². The van der Waals surface area contributed by atoms with Crippen LogP contribution in [0, 0.1) is 0 Å². The van der Waals surface area contributed by atoms with E-state index in [4.69, 9.17) is 4.74 Å². The van der Waals surface area contributed by atoms with E-state index in [0.717, 1.165) is 0 Å². The second-order valence-electron chi connectivity index (χ2n) is 5.52. The van der Waals surface area contributed by atoms with E-state index in [9.17, 15) is 14.4 Å². The van der Waals surface area contributed by atoms with Crippen LogP contribution >= 0.6 is 0 Å². The molecule has 0 radical (unpaired) electrons. The number of carbonyl (C=O) groups is 3. The Morgan fingerprint density at radius 3 is 2.52 bits per heavy atom. The zero-order chi connectivity index (χ0) is 16.4. The predicted molar refractivity (Wildman–Crippen MR) is 83.3 cm³/mol. The molecule has 0 atom stereocenters. The van der Waals surface area contributed by atoms with E-state index in [0.29, 0.717) is 50.7 Å². The van der Waals surface area contributed by atoms with Crippen molar-refractivity contribution in [3.63, 3.8) is 0 Å². The van der Waals surface area contributed by atoms with Gasteiger partial charge in [-0.05, 0) is 19.1 Å². The lowest BCUT2D eigenvalue weighted by Gasteiger charge is -2.35. The molecule has 2 aliphatic heterocycles. The van der Waals surface area contributed by atoms with Crippen molar-refractivity contribution < 1.29 is 19.1 Å². The SMILES string of the molecule is CCOC(=O)N1CCN(CN2C(=O)C(=O)c3ccccc32)CC1. The molecule has 1 saturated heterocycles. The lowest BCUT2D eigenvalue weighted by molar-refractivity contribution is -0.114. The highest BCUT2D eigenvalue weighted by atomic mass is 16.6. The highest BCUT2D eigenvalue weighted by molar-refractivity contribution is 6.52. The molecule has 0 bridgehead atoms. The number of carbonyl (C=O) groups excluding carboxylic acids is 3. The summed E-state index contributed by atoms with van der Waals surface area (Å²) in [5.74, 6) is -0.940. The molecule has 7 heteroatoms. The van der Waals surface area contributed by atoms with Gasteiger partial charge in [-0.3, -0.25) is 19.4 Å². The number of rotatable bonds is 3. The summed E-state index contributed by atoms with van der Waals surface area (Å²) in [5.41, 5.74) is 1.12. The van der Waals surface area contributed by atoms with Crippen LogP contribution in [-0.2, 0) is 9.53 Å². The Kier molecular flexibility index (Phi) is 4.29. The largest absolute Gasteiger partial charge is 0.450 e. The number of ether oxygens (including phenoxy) is 1. The third-order valence-electron chi connectivity index (χ3n) is 4.12. The standard InChI is InChI=1S/C16H19N3O4/c1-2-23-16(22)18-9-7-17(8-10-18)11-19-13-6-4-3-5-12(13)14(20)15(19)21/h3-6H,2,7-11H2,1H3. The molecule has 1 fully saturated rings. The number of anilines is 1. The van der Waals surface area contributed by atoms with E-state index in [1.165, 1.54) is 4.90 Å². The van der Waals surface area contributed by atoms with E-state index in [1.54, 1.807) is 30.0 Å². The number of amides is 2. The molecule has 2 aliphatic rings. The first kappa shape index (κ1) is 15.5. The molecule has 23 heavy (non-hydrogen) atoms. The first-order valence-corrected chi connectivity index (χ1v) is 7.71. The third kappa shape index (κ3) is 2.92. The van der Waals surface area contributed by atoms with Crippen molar-refractivity contribution in [3.8, 4) is 0 Å². The maximum Gasteiger partial charge on any atom is 0.409 e. The van der Waals surface area contributed by atoms with Crippen LogP contribution in [0.5, 0.6) is 0 Å². The molecule has 0 aromatic heterocycles. The van der Waals surface area contributed by atoms with E-state index in [1.807, 2.05) is 6.07 Å². The molecule has 0 unspecified atom stereocenters. The van der Waals surface area contributed by atoms with Gasteiger partial charge in [-0.25, -0.2) is 4.79 Å². The summed E-state index contributed by atoms with van der Waals surface area (Å²) in [6, 6.07) is 7.03. The average Bonchev–Trinajstić information content (AvgIpc) is 2.81. The van der Waals surface area contributed by atoms with Gasteiger partial charge in [0.1, 0.15) is 0 Å². The summed E-state index contributed by atoms with van der Waals surface area (Å²) in [6.07, 6.45) is -0.301. The number of hydrogen-bond acceptors (Lipinski definition) is 5.